The van der Waals surface area contributed by atoms with Crippen LogP contribution in [0, 0.1) is 0 Å². The van der Waals surface area contributed by atoms with Gasteiger partial charge in [0.25, 0.3) is 5.56 Å². The van der Waals surface area contributed by atoms with E-state index in [2.05, 4.69) is 22.7 Å². The van der Waals surface area contributed by atoms with E-state index in [9.17, 15) is 4.79 Å². The van der Waals surface area contributed by atoms with Crippen LogP contribution < -0.4 is 5.56 Å². The molecule has 0 unspecified atom stereocenters. The van der Waals surface area contributed by atoms with Crippen molar-refractivity contribution in [3.05, 3.63) is 22.9 Å². The van der Waals surface area contributed by atoms with E-state index in [1.807, 2.05) is 0 Å². The van der Waals surface area contributed by atoms with E-state index in [1.165, 1.54) is 38.5 Å². The van der Waals surface area contributed by atoms with E-state index >= 15 is 0 Å². The van der Waals surface area contributed by atoms with Crippen molar-refractivity contribution in [3.8, 4) is 0 Å². The van der Waals surface area contributed by atoms with Crippen LogP contribution in [-0.2, 0) is 13.6 Å². The van der Waals surface area contributed by atoms with Crippen LogP contribution >= 0.6 is 12.6 Å². The molecule has 116 valence electrons. The summed E-state index contributed by atoms with van der Waals surface area (Å²) in [6.45, 7) is 0.743. The second-order valence-corrected chi connectivity index (χ2v) is 5.89. The van der Waals surface area contributed by atoms with E-state index in [0.29, 0.717) is 11.0 Å². The van der Waals surface area contributed by atoms with Gasteiger partial charge in [-0.05, 0) is 18.6 Å². The molecule has 0 atom stereocenters. The van der Waals surface area contributed by atoms with Gasteiger partial charge in [0, 0.05) is 13.6 Å². The van der Waals surface area contributed by atoms with E-state index < -0.39 is 0 Å². The third-order valence-corrected chi connectivity index (χ3v) is 4.09. The fourth-order valence-electron chi connectivity index (χ4n) is 2.50. The van der Waals surface area contributed by atoms with E-state index in [1.54, 1.807) is 28.8 Å². The molecule has 0 amide bonds. The summed E-state index contributed by atoms with van der Waals surface area (Å²) in [5.74, 6) is 0.993. The minimum Gasteiger partial charge on any atom is -0.299 e. The second kappa shape index (κ2) is 8.22. The molecule has 0 aromatic carbocycles. The van der Waals surface area contributed by atoms with Gasteiger partial charge >= 0.3 is 0 Å². The Balaban J connectivity index is 1.76. The molecular weight excluding hydrogens is 284 g/mol. The lowest BCUT2D eigenvalue weighted by Crippen LogP contribution is -2.20. The molecule has 0 N–H and O–H groups in total. The van der Waals surface area contributed by atoms with E-state index in [-0.39, 0.29) is 5.56 Å². The predicted octanol–water partition coefficient (Wildman–Crippen LogP) is 2.79. The quantitative estimate of drug-likeness (QED) is 0.572. The van der Waals surface area contributed by atoms with Gasteiger partial charge in [0.15, 0.2) is 5.65 Å². The van der Waals surface area contributed by atoms with Gasteiger partial charge in [0.2, 0.25) is 0 Å². The van der Waals surface area contributed by atoms with Gasteiger partial charge in [-0.1, -0.05) is 32.1 Å². The molecule has 0 fully saturated rings. The second-order valence-electron chi connectivity index (χ2n) is 5.45. The van der Waals surface area contributed by atoms with Gasteiger partial charge in [-0.3, -0.25) is 14.0 Å². The maximum Gasteiger partial charge on any atom is 0.264 e. The maximum absolute atomic E-state index is 12.2. The highest BCUT2D eigenvalue weighted by Crippen LogP contribution is 2.09. The molecule has 5 nitrogen and oxygen atoms in total. The number of rotatable bonds is 9. The first-order valence-electron chi connectivity index (χ1n) is 7.72. The van der Waals surface area contributed by atoms with Gasteiger partial charge in [0.1, 0.15) is 5.39 Å². The number of unbranched alkanes of at least 4 members (excludes halogenated alkanes) is 6. The lowest BCUT2D eigenvalue weighted by Gasteiger charge is -2.05. The molecule has 0 aliphatic rings. The topological polar surface area (TPSA) is 52.7 Å². The van der Waals surface area contributed by atoms with Gasteiger partial charge in [-0.15, -0.1) is 0 Å². The molecule has 0 aliphatic heterocycles. The van der Waals surface area contributed by atoms with Crippen LogP contribution in [0.25, 0.3) is 11.0 Å². The zero-order valence-electron chi connectivity index (χ0n) is 12.7. The minimum atomic E-state index is 0.0156. The van der Waals surface area contributed by atoms with Crippen LogP contribution in [0.15, 0.2) is 17.3 Å². The molecule has 2 aromatic rings. The molecule has 0 bridgehead atoms. The molecule has 2 rings (SSSR count). The fourth-order valence-corrected chi connectivity index (χ4v) is 2.73. The van der Waals surface area contributed by atoms with Crippen LogP contribution in [-0.4, -0.2) is 25.1 Å². The zero-order chi connectivity index (χ0) is 15.1. The molecular formula is C15H24N4OS. The molecule has 0 saturated carbocycles. The lowest BCUT2D eigenvalue weighted by atomic mass is 10.1. The summed E-state index contributed by atoms with van der Waals surface area (Å²) < 4.78 is 3.33. The monoisotopic (exact) mass is 308 g/mol. The highest BCUT2D eigenvalue weighted by Gasteiger charge is 2.07. The molecule has 0 aliphatic carbocycles. The highest BCUT2D eigenvalue weighted by molar-refractivity contribution is 7.80. The smallest absolute Gasteiger partial charge is 0.264 e. The van der Waals surface area contributed by atoms with Crippen LogP contribution in [0.5, 0.6) is 0 Å². The number of hydrogen-bond donors (Lipinski definition) is 1. The minimum absolute atomic E-state index is 0.0156. The Kier molecular flexibility index (Phi) is 6.29. The van der Waals surface area contributed by atoms with Crippen LogP contribution in [0.2, 0.25) is 0 Å². The summed E-state index contributed by atoms with van der Waals surface area (Å²) in [5.41, 5.74) is 0.669. The summed E-state index contributed by atoms with van der Waals surface area (Å²) in [7, 11) is 1.80. The average molecular weight is 308 g/mol. The molecule has 6 heteroatoms. The molecule has 2 aromatic heterocycles. The normalized spacial score (nSPS) is 11.3. The third kappa shape index (κ3) is 4.33. The number of hydrogen-bond acceptors (Lipinski definition) is 4. The Labute approximate surface area is 130 Å². The Morgan fingerprint density at radius 1 is 1.10 bits per heavy atom. The van der Waals surface area contributed by atoms with Crippen LogP contribution in [0.3, 0.4) is 0 Å². The summed E-state index contributed by atoms with van der Waals surface area (Å²) in [6.07, 6.45) is 11.7. The number of thiol groups is 1. The lowest BCUT2D eigenvalue weighted by molar-refractivity contribution is 0.541. The van der Waals surface area contributed by atoms with Gasteiger partial charge in [-0.25, -0.2) is 4.98 Å². The van der Waals surface area contributed by atoms with E-state index in [4.69, 9.17) is 0 Å². The highest BCUT2D eigenvalue weighted by atomic mass is 32.1. The van der Waals surface area contributed by atoms with Crippen molar-refractivity contribution in [2.45, 2.75) is 51.5 Å². The first-order valence-corrected chi connectivity index (χ1v) is 8.35. The summed E-state index contributed by atoms with van der Waals surface area (Å²) in [6, 6.07) is 0. The maximum atomic E-state index is 12.2. The largest absolute Gasteiger partial charge is 0.299 e. The molecule has 0 spiro atoms. The number of aromatic nitrogens is 4. The Morgan fingerprint density at radius 2 is 1.76 bits per heavy atom. The molecule has 0 saturated heterocycles. The predicted molar refractivity (Wildman–Crippen MR) is 88.9 cm³/mol. The van der Waals surface area contributed by atoms with Crippen molar-refractivity contribution in [1.29, 1.82) is 0 Å². The van der Waals surface area contributed by atoms with Crippen molar-refractivity contribution in [1.82, 2.24) is 19.3 Å². The van der Waals surface area contributed by atoms with Crippen molar-refractivity contribution < 1.29 is 0 Å². The summed E-state index contributed by atoms with van der Waals surface area (Å²) in [4.78, 5) is 16.5. The van der Waals surface area contributed by atoms with E-state index in [0.717, 1.165) is 18.7 Å². The van der Waals surface area contributed by atoms with Gasteiger partial charge < -0.3 is 0 Å². The Morgan fingerprint density at radius 3 is 2.48 bits per heavy atom. The summed E-state index contributed by atoms with van der Waals surface area (Å²) >= 11 is 4.21. The zero-order valence-corrected chi connectivity index (χ0v) is 13.6. The van der Waals surface area contributed by atoms with Crippen molar-refractivity contribution in [2.75, 3.05) is 5.75 Å². The average Bonchev–Trinajstić information content (AvgIpc) is 2.86. The first kappa shape index (κ1) is 16.1. The van der Waals surface area contributed by atoms with Crippen molar-refractivity contribution in [3.63, 3.8) is 0 Å². The van der Waals surface area contributed by atoms with Crippen molar-refractivity contribution >= 4 is 23.7 Å². The number of nitrogens with zero attached hydrogens (tertiary/aromatic N) is 4. The Bertz CT molecular complexity index is 620. The van der Waals surface area contributed by atoms with Crippen LogP contribution in [0.4, 0.5) is 0 Å². The van der Waals surface area contributed by atoms with Crippen molar-refractivity contribution in [2.24, 2.45) is 7.05 Å². The summed E-state index contributed by atoms with van der Waals surface area (Å²) in [5, 5.41) is 4.68. The van der Waals surface area contributed by atoms with Crippen LogP contribution in [0.1, 0.15) is 44.9 Å². The fraction of sp³-hybridized carbons (Fsp3) is 0.667. The molecule has 0 radical (unpaired) electrons. The third-order valence-electron chi connectivity index (χ3n) is 3.78. The molecule has 2 heterocycles. The van der Waals surface area contributed by atoms with Gasteiger partial charge in [0.05, 0.1) is 12.5 Å². The Hall–Kier alpha value is -1.30. The molecule has 21 heavy (non-hydrogen) atoms. The van der Waals surface area contributed by atoms with Gasteiger partial charge in [-0.2, -0.15) is 17.7 Å². The number of fused-ring (bicyclic) bond motifs is 1. The number of aryl methyl sites for hydroxylation is 2. The first-order chi connectivity index (χ1) is 10.2. The SMILES string of the molecule is Cn1ncc2c(=O)n(CCCCCCCCCS)cnc21. The standard InChI is InChI=1S/C15H24N4OS/c1-18-14-13(11-17-18)15(20)19(12-16-14)9-7-5-3-2-4-6-8-10-21/h11-12,21H,2-10H2,1H3.